The quantitative estimate of drug-likeness (QED) is 0.840. The summed E-state index contributed by atoms with van der Waals surface area (Å²) in [6, 6.07) is 3.94. The van der Waals surface area contributed by atoms with E-state index < -0.39 is 11.7 Å². The van der Waals surface area contributed by atoms with Crippen LogP contribution in [0, 0.1) is 18.2 Å². The zero-order valence-corrected chi connectivity index (χ0v) is 12.3. The van der Waals surface area contributed by atoms with E-state index in [9.17, 15) is 14.0 Å². The Bertz CT molecular complexity index is 850. The molecular weight excluding hydrogens is 299 g/mol. The van der Waals surface area contributed by atoms with Crippen LogP contribution in [0.5, 0.6) is 0 Å². The van der Waals surface area contributed by atoms with E-state index in [4.69, 9.17) is 6.42 Å². The Morgan fingerprint density at radius 1 is 1.52 bits per heavy atom. The van der Waals surface area contributed by atoms with Crippen molar-refractivity contribution >= 4 is 11.8 Å². The average molecular weight is 312 g/mol. The van der Waals surface area contributed by atoms with Gasteiger partial charge in [0.15, 0.2) is 5.69 Å². The monoisotopic (exact) mass is 312 g/mol. The van der Waals surface area contributed by atoms with Crippen LogP contribution < -0.4 is 5.32 Å². The molecule has 0 saturated carbocycles. The second kappa shape index (κ2) is 5.57. The van der Waals surface area contributed by atoms with Crippen LogP contribution in [0.25, 0.3) is 5.69 Å². The standard InChI is InChI=1S/C16H13FN4O2/c1-3-6-18-15(22)14-13-8-20(2)16(23)11-7-10(17)4-5-12(11)21(13)9-19-14/h1,4-5,7,9H,6,8H2,2H3,(H,18,22). The van der Waals surface area contributed by atoms with Crippen LogP contribution in [0.15, 0.2) is 24.5 Å². The number of rotatable bonds is 2. The minimum atomic E-state index is -0.499. The normalized spacial score (nSPS) is 12.9. The SMILES string of the molecule is C#CCNC(=O)c1ncn2c1CN(C)C(=O)c1cc(F)ccc1-2. The van der Waals surface area contributed by atoms with Crippen molar-refractivity contribution in [2.24, 2.45) is 0 Å². The highest BCUT2D eigenvalue weighted by molar-refractivity contribution is 5.99. The number of hydrogen-bond acceptors (Lipinski definition) is 3. The van der Waals surface area contributed by atoms with Crippen molar-refractivity contribution in [3.63, 3.8) is 0 Å². The van der Waals surface area contributed by atoms with E-state index in [2.05, 4.69) is 16.2 Å². The minimum absolute atomic E-state index is 0.0850. The van der Waals surface area contributed by atoms with Crippen LogP contribution in [0.1, 0.15) is 26.5 Å². The third kappa shape index (κ3) is 2.44. The zero-order chi connectivity index (χ0) is 16.6. The smallest absolute Gasteiger partial charge is 0.272 e. The summed E-state index contributed by atoms with van der Waals surface area (Å²) < 4.78 is 15.1. The molecule has 0 bridgehead atoms. The molecule has 3 rings (SSSR count). The molecule has 0 radical (unpaired) electrons. The van der Waals surface area contributed by atoms with Gasteiger partial charge in [0, 0.05) is 7.05 Å². The molecule has 0 spiro atoms. The maximum atomic E-state index is 13.5. The maximum Gasteiger partial charge on any atom is 0.272 e. The average Bonchev–Trinajstić information content (AvgIpc) is 2.91. The lowest BCUT2D eigenvalue weighted by atomic mass is 10.1. The molecule has 0 saturated heterocycles. The number of benzene rings is 1. The predicted octanol–water partition coefficient (Wildman–Crippen LogP) is 0.960. The Morgan fingerprint density at radius 2 is 2.30 bits per heavy atom. The number of aromatic nitrogens is 2. The number of carbonyl (C=O) groups is 2. The van der Waals surface area contributed by atoms with E-state index in [1.807, 2.05) is 0 Å². The molecular formula is C16H13FN4O2. The van der Waals surface area contributed by atoms with E-state index in [0.29, 0.717) is 11.4 Å². The third-order valence-electron chi connectivity index (χ3n) is 3.61. The summed E-state index contributed by atoms with van der Waals surface area (Å²) in [6.45, 7) is 0.260. The van der Waals surface area contributed by atoms with Gasteiger partial charge in [-0.2, -0.15) is 0 Å². The van der Waals surface area contributed by atoms with Crippen molar-refractivity contribution in [3.05, 3.63) is 47.3 Å². The number of hydrogen-bond donors (Lipinski definition) is 1. The summed E-state index contributed by atoms with van der Waals surface area (Å²) in [7, 11) is 1.59. The van der Waals surface area contributed by atoms with E-state index in [0.717, 1.165) is 0 Å². The van der Waals surface area contributed by atoms with Gasteiger partial charge in [-0.1, -0.05) is 5.92 Å². The number of nitrogens with one attached hydrogen (secondary N) is 1. The fraction of sp³-hybridized carbons (Fsp3) is 0.188. The van der Waals surface area contributed by atoms with Gasteiger partial charge in [0.2, 0.25) is 0 Å². The van der Waals surface area contributed by atoms with Gasteiger partial charge >= 0.3 is 0 Å². The first kappa shape index (κ1) is 14.8. The molecule has 1 aliphatic rings. The van der Waals surface area contributed by atoms with Crippen LogP contribution in [0.4, 0.5) is 4.39 Å². The van der Waals surface area contributed by atoms with Crippen LogP contribution >= 0.6 is 0 Å². The molecule has 2 amide bonds. The number of fused-ring (bicyclic) bond motifs is 3. The molecule has 116 valence electrons. The second-order valence-electron chi connectivity index (χ2n) is 5.12. The Morgan fingerprint density at radius 3 is 3.04 bits per heavy atom. The Balaban J connectivity index is 2.14. The second-order valence-corrected chi connectivity index (χ2v) is 5.12. The molecule has 1 aromatic carbocycles. The molecule has 1 aromatic heterocycles. The number of halogens is 1. The number of nitrogens with zero attached hydrogens (tertiary/aromatic N) is 3. The molecule has 6 nitrogen and oxygen atoms in total. The molecule has 1 N–H and O–H groups in total. The maximum absolute atomic E-state index is 13.5. The molecule has 7 heteroatoms. The summed E-state index contributed by atoms with van der Waals surface area (Å²) >= 11 is 0. The van der Waals surface area contributed by atoms with Gasteiger partial charge in [-0.25, -0.2) is 9.37 Å². The molecule has 0 aliphatic carbocycles. The highest BCUT2D eigenvalue weighted by atomic mass is 19.1. The Kier molecular flexibility index (Phi) is 3.58. The fourth-order valence-electron chi connectivity index (χ4n) is 2.53. The van der Waals surface area contributed by atoms with Crippen molar-refractivity contribution < 1.29 is 14.0 Å². The topological polar surface area (TPSA) is 67.2 Å². The van der Waals surface area contributed by atoms with Crippen LogP contribution in [-0.2, 0) is 6.54 Å². The molecule has 23 heavy (non-hydrogen) atoms. The lowest BCUT2D eigenvalue weighted by Crippen LogP contribution is -2.28. The highest BCUT2D eigenvalue weighted by Gasteiger charge is 2.28. The highest BCUT2D eigenvalue weighted by Crippen LogP contribution is 2.26. The van der Waals surface area contributed by atoms with E-state index in [-0.39, 0.29) is 30.3 Å². The van der Waals surface area contributed by atoms with Crippen molar-refractivity contribution in [1.82, 2.24) is 19.8 Å². The number of terminal acetylenes is 1. The van der Waals surface area contributed by atoms with E-state index in [1.54, 1.807) is 11.6 Å². The zero-order valence-electron chi connectivity index (χ0n) is 12.3. The van der Waals surface area contributed by atoms with Crippen molar-refractivity contribution in [2.45, 2.75) is 6.54 Å². The van der Waals surface area contributed by atoms with Crippen LogP contribution in [0.3, 0.4) is 0 Å². The summed E-state index contributed by atoms with van der Waals surface area (Å²) in [6.07, 6.45) is 6.58. The molecule has 0 fully saturated rings. The predicted molar refractivity (Wildman–Crippen MR) is 80.5 cm³/mol. The summed E-state index contributed by atoms with van der Waals surface area (Å²) in [5.41, 5.74) is 1.44. The Labute approximate surface area is 131 Å². The molecule has 1 aliphatic heterocycles. The lowest BCUT2D eigenvalue weighted by Gasteiger charge is -2.14. The van der Waals surface area contributed by atoms with Gasteiger partial charge in [-0.05, 0) is 18.2 Å². The van der Waals surface area contributed by atoms with Gasteiger partial charge < -0.3 is 10.2 Å². The van der Waals surface area contributed by atoms with Gasteiger partial charge in [-0.15, -0.1) is 6.42 Å². The van der Waals surface area contributed by atoms with Crippen molar-refractivity contribution in [2.75, 3.05) is 13.6 Å². The van der Waals surface area contributed by atoms with Gasteiger partial charge in [0.1, 0.15) is 12.1 Å². The third-order valence-corrected chi connectivity index (χ3v) is 3.61. The van der Waals surface area contributed by atoms with Crippen LogP contribution in [-0.4, -0.2) is 39.9 Å². The first-order valence-corrected chi connectivity index (χ1v) is 6.86. The van der Waals surface area contributed by atoms with E-state index in [1.165, 1.54) is 29.4 Å². The van der Waals surface area contributed by atoms with E-state index >= 15 is 0 Å². The lowest BCUT2D eigenvalue weighted by molar-refractivity contribution is 0.0784. The molecule has 2 aromatic rings. The summed E-state index contributed by atoms with van der Waals surface area (Å²) in [5, 5.41) is 2.55. The summed E-state index contributed by atoms with van der Waals surface area (Å²) in [5.74, 6) is 1.08. The molecule has 0 unspecified atom stereocenters. The number of amides is 2. The fourth-order valence-corrected chi connectivity index (χ4v) is 2.53. The van der Waals surface area contributed by atoms with Gasteiger partial charge in [-0.3, -0.25) is 14.2 Å². The van der Waals surface area contributed by atoms with Crippen molar-refractivity contribution in [3.8, 4) is 18.0 Å². The Hall–Kier alpha value is -3.14. The number of carbonyl (C=O) groups excluding carboxylic acids is 2. The van der Waals surface area contributed by atoms with Crippen LogP contribution in [0.2, 0.25) is 0 Å². The van der Waals surface area contributed by atoms with Crippen molar-refractivity contribution in [1.29, 1.82) is 0 Å². The number of imidazole rings is 1. The molecule has 0 atom stereocenters. The first-order chi connectivity index (χ1) is 11.0. The first-order valence-electron chi connectivity index (χ1n) is 6.86. The molecule has 2 heterocycles. The minimum Gasteiger partial charge on any atom is -0.340 e. The largest absolute Gasteiger partial charge is 0.340 e. The van der Waals surface area contributed by atoms with Gasteiger partial charge in [0.25, 0.3) is 11.8 Å². The van der Waals surface area contributed by atoms with Gasteiger partial charge in [0.05, 0.1) is 30.0 Å². The summed E-state index contributed by atoms with van der Waals surface area (Å²) in [4.78, 5) is 30.1.